The van der Waals surface area contributed by atoms with E-state index in [-0.39, 0.29) is 23.7 Å². The first-order valence-electron chi connectivity index (χ1n) is 6.73. The molecule has 2 N–H and O–H groups in total. The van der Waals surface area contributed by atoms with Gasteiger partial charge < -0.3 is 5.73 Å². The Hall–Kier alpha value is -1.84. The molecule has 1 aliphatic heterocycles. The van der Waals surface area contributed by atoms with Crippen LogP contribution in [0.1, 0.15) is 25.3 Å². The summed E-state index contributed by atoms with van der Waals surface area (Å²) in [5.74, 6) is 0.125. The summed E-state index contributed by atoms with van der Waals surface area (Å²) in [6, 6.07) is 5.35. The fourth-order valence-corrected chi connectivity index (χ4v) is 3.38. The number of benzene rings is 1. The van der Waals surface area contributed by atoms with E-state index in [4.69, 9.17) is 5.73 Å². The normalized spacial score (nSPS) is 30.0. The molecule has 1 saturated carbocycles. The maximum atomic E-state index is 12.5. The number of carbonyl (C=O) groups is 2. The monoisotopic (exact) mass is 258 g/mol. The number of nitrogens with zero attached hydrogens (tertiary/aromatic N) is 1. The zero-order valence-corrected chi connectivity index (χ0v) is 11.2. The highest BCUT2D eigenvalue weighted by atomic mass is 16.2. The SMILES string of the molecule is Cc1ccc(N)cc1N1C(=O)C2CC(C)CC2C1=O. The molecule has 19 heavy (non-hydrogen) atoms. The lowest BCUT2D eigenvalue weighted by Gasteiger charge is -2.19. The molecule has 1 saturated heterocycles. The van der Waals surface area contributed by atoms with Gasteiger partial charge in [0.2, 0.25) is 11.8 Å². The summed E-state index contributed by atoms with van der Waals surface area (Å²) in [5, 5.41) is 0. The van der Waals surface area contributed by atoms with Crippen LogP contribution >= 0.6 is 0 Å². The van der Waals surface area contributed by atoms with Crippen molar-refractivity contribution in [3.8, 4) is 0 Å². The van der Waals surface area contributed by atoms with E-state index >= 15 is 0 Å². The number of fused-ring (bicyclic) bond motifs is 1. The summed E-state index contributed by atoms with van der Waals surface area (Å²) in [6.07, 6.45) is 1.65. The maximum Gasteiger partial charge on any atom is 0.237 e. The van der Waals surface area contributed by atoms with Crippen molar-refractivity contribution in [2.24, 2.45) is 17.8 Å². The van der Waals surface area contributed by atoms with Crippen LogP contribution in [0.5, 0.6) is 0 Å². The van der Waals surface area contributed by atoms with Crippen LogP contribution in [0.15, 0.2) is 18.2 Å². The second-order valence-electron chi connectivity index (χ2n) is 5.85. The third-order valence-electron chi connectivity index (χ3n) is 4.35. The van der Waals surface area contributed by atoms with Crippen LogP contribution in [0.25, 0.3) is 0 Å². The molecule has 2 amide bonds. The first kappa shape index (κ1) is 12.2. The summed E-state index contributed by atoms with van der Waals surface area (Å²) in [5.41, 5.74) is 7.91. The molecule has 0 aromatic heterocycles. The van der Waals surface area contributed by atoms with Crippen molar-refractivity contribution in [1.82, 2.24) is 0 Å². The van der Waals surface area contributed by atoms with Gasteiger partial charge in [-0.25, -0.2) is 4.90 Å². The van der Waals surface area contributed by atoms with Crippen LogP contribution in [0, 0.1) is 24.7 Å². The van der Waals surface area contributed by atoms with Crippen molar-refractivity contribution in [3.63, 3.8) is 0 Å². The lowest BCUT2D eigenvalue weighted by Crippen LogP contribution is -2.32. The number of hydrogen-bond donors (Lipinski definition) is 1. The number of carbonyl (C=O) groups excluding carboxylic acids is 2. The topological polar surface area (TPSA) is 63.4 Å². The van der Waals surface area contributed by atoms with Crippen LogP contribution in [0.4, 0.5) is 11.4 Å². The van der Waals surface area contributed by atoms with E-state index in [1.165, 1.54) is 4.90 Å². The molecule has 100 valence electrons. The Bertz CT molecular complexity index is 543. The molecule has 2 atom stereocenters. The van der Waals surface area contributed by atoms with Gasteiger partial charge in [-0.1, -0.05) is 13.0 Å². The molecule has 4 nitrogen and oxygen atoms in total. The van der Waals surface area contributed by atoms with Crippen molar-refractivity contribution in [2.75, 3.05) is 10.6 Å². The maximum absolute atomic E-state index is 12.5. The molecule has 1 aliphatic carbocycles. The van der Waals surface area contributed by atoms with Gasteiger partial charge in [-0.3, -0.25) is 9.59 Å². The van der Waals surface area contributed by atoms with Crippen LogP contribution in [-0.2, 0) is 9.59 Å². The number of anilines is 2. The van der Waals surface area contributed by atoms with Gasteiger partial charge in [0.1, 0.15) is 0 Å². The molecular formula is C15H18N2O2. The molecule has 3 rings (SSSR count). The Morgan fingerprint density at radius 1 is 1.16 bits per heavy atom. The standard InChI is InChI=1S/C15H18N2O2/c1-8-5-11-12(6-8)15(19)17(14(11)18)13-7-10(16)4-3-9(13)2/h3-4,7-8,11-12H,5-6,16H2,1-2H3. The number of aryl methyl sites for hydroxylation is 1. The highest BCUT2D eigenvalue weighted by Gasteiger charge is 2.52. The van der Waals surface area contributed by atoms with E-state index in [0.717, 1.165) is 18.4 Å². The van der Waals surface area contributed by atoms with Gasteiger partial charge >= 0.3 is 0 Å². The van der Waals surface area contributed by atoms with E-state index in [1.54, 1.807) is 12.1 Å². The highest BCUT2D eigenvalue weighted by Crippen LogP contribution is 2.44. The van der Waals surface area contributed by atoms with E-state index < -0.39 is 0 Å². The number of rotatable bonds is 1. The predicted molar refractivity (Wildman–Crippen MR) is 73.5 cm³/mol. The van der Waals surface area contributed by atoms with Gasteiger partial charge in [-0.15, -0.1) is 0 Å². The Morgan fingerprint density at radius 2 is 1.74 bits per heavy atom. The van der Waals surface area contributed by atoms with Gasteiger partial charge in [-0.2, -0.15) is 0 Å². The average Bonchev–Trinajstić information content (AvgIpc) is 2.84. The molecule has 2 aliphatic rings. The number of amides is 2. The molecule has 4 heteroatoms. The number of nitrogens with two attached hydrogens (primary N) is 1. The molecule has 1 heterocycles. The molecule has 1 aromatic rings. The molecule has 0 spiro atoms. The lowest BCUT2D eigenvalue weighted by atomic mass is 10.00. The van der Waals surface area contributed by atoms with Crippen molar-refractivity contribution < 1.29 is 9.59 Å². The van der Waals surface area contributed by atoms with Crippen LogP contribution in [0.2, 0.25) is 0 Å². The van der Waals surface area contributed by atoms with Gasteiger partial charge in [0, 0.05) is 5.69 Å². The minimum atomic E-state index is -0.122. The summed E-state index contributed by atoms with van der Waals surface area (Å²) >= 11 is 0. The van der Waals surface area contributed by atoms with E-state index in [1.807, 2.05) is 13.0 Å². The number of nitrogen functional groups attached to an aromatic ring is 1. The van der Waals surface area contributed by atoms with E-state index in [9.17, 15) is 9.59 Å². The van der Waals surface area contributed by atoms with Crippen LogP contribution in [-0.4, -0.2) is 11.8 Å². The van der Waals surface area contributed by atoms with Crippen molar-refractivity contribution >= 4 is 23.2 Å². The summed E-state index contributed by atoms with van der Waals surface area (Å²) < 4.78 is 0. The van der Waals surface area contributed by atoms with Gasteiger partial charge in [0.05, 0.1) is 17.5 Å². The fourth-order valence-electron chi connectivity index (χ4n) is 3.38. The summed E-state index contributed by atoms with van der Waals surface area (Å²) in [4.78, 5) is 26.3. The van der Waals surface area contributed by atoms with Gasteiger partial charge in [0.15, 0.2) is 0 Å². The molecule has 1 aromatic carbocycles. The minimum absolute atomic E-state index is 0.0481. The van der Waals surface area contributed by atoms with Crippen LogP contribution < -0.4 is 10.6 Å². The summed E-state index contributed by atoms with van der Waals surface area (Å²) in [7, 11) is 0. The second kappa shape index (κ2) is 4.08. The lowest BCUT2D eigenvalue weighted by molar-refractivity contribution is -0.123. The minimum Gasteiger partial charge on any atom is -0.399 e. The Balaban J connectivity index is 2.01. The number of imide groups is 1. The first-order valence-corrected chi connectivity index (χ1v) is 6.73. The van der Waals surface area contributed by atoms with Crippen LogP contribution in [0.3, 0.4) is 0 Å². The zero-order valence-electron chi connectivity index (χ0n) is 11.2. The third kappa shape index (κ3) is 1.74. The molecule has 0 bridgehead atoms. The Kier molecular flexibility index (Phi) is 2.62. The molecule has 2 fully saturated rings. The average molecular weight is 258 g/mol. The quantitative estimate of drug-likeness (QED) is 0.620. The summed E-state index contributed by atoms with van der Waals surface area (Å²) in [6.45, 7) is 4.00. The van der Waals surface area contributed by atoms with E-state index in [2.05, 4.69) is 6.92 Å². The van der Waals surface area contributed by atoms with Crippen molar-refractivity contribution in [2.45, 2.75) is 26.7 Å². The second-order valence-corrected chi connectivity index (χ2v) is 5.85. The molecular weight excluding hydrogens is 240 g/mol. The Labute approximate surface area is 112 Å². The van der Waals surface area contributed by atoms with Gasteiger partial charge in [-0.05, 0) is 43.4 Å². The fraction of sp³-hybridized carbons (Fsp3) is 0.467. The smallest absolute Gasteiger partial charge is 0.237 e. The molecule has 2 unspecified atom stereocenters. The zero-order chi connectivity index (χ0) is 13.7. The highest BCUT2D eigenvalue weighted by molar-refractivity contribution is 6.22. The van der Waals surface area contributed by atoms with Gasteiger partial charge in [0.25, 0.3) is 0 Å². The van der Waals surface area contributed by atoms with E-state index in [0.29, 0.717) is 17.3 Å². The van der Waals surface area contributed by atoms with Crippen molar-refractivity contribution in [3.05, 3.63) is 23.8 Å². The predicted octanol–water partition coefficient (Wildman–Crippen LogP) is 2.11. The van der Waals surface area contributed by atoms with Crippen molar-refractivity contribution in [1.29, 1.82) is 0 Å². The largest absolute Gasteiger partial charge is 0.399 e. The first-order chi connectivity index (χ1) is 8.99. The molecule has 0 radical (unpaired) electrons. The number of hydrogen-bond acceptors (Lipinski definition) is 3. The Morgan fingerprint density at radius 3 is 2.32 bits per heavy atom. The third-order valence-corrected chi connectivity index (χ3v) is 4.35.